The number of halogens is 4. The quantitative estimate of drug-likeness (QED) is 0.508. The number of nitrogens with zero attached hydrogens (tertiary/aromatic N) is 2. The van der Waals surface area contributed by atoms with Crippen molar-refractivity contribution in [3.8, 4) is 0 Å². The van der Waals surface area contributed by atoms with Crippen LogP contribution >= 0.6 is 11.6 Å². The molecule has 1 atom stereocenters. The van der Waals surface area contributed by atoms with Gasteiger partial charge in [-0.15, -0.1) is 0 Å². The Morgan fingerprint density at radius 1 is 0.903 bits per heavy atom. The maximum atomic E-state index is 13.1. The number of rotatable bonds is 4. The summed E-state index contributed by atoms with van der Waals surface area (Å²) >= 11 is 5.97. The molecule has 3 aromatic carbocycles. The van der Waals surface area contributed by atoms with E-state index in [4.69, 9.17) is 11.6 Å². The van der Waals surface area contributed by atoms with Crippen molar-refractivity contribution in [2.24, 2.45) is 5.10 Å². The summed E-state index contributed by atoms with van der Waals surface area (Å²) in [4.78, 5) is -0.256. The molecule has 31 heavy (non-hydrogen) atoms. The van der Waals surface area contributed by atoms with Crippen LogP contribution in [0.5, 0.6) is 0 Å². The van der Waals surface area contributed by atoms with Crippen molar-refractivity contribution in [2.45, 2.75) is 17.0 Å². The predicted octanol–water partition coefficient (Wildman–Crippen LogP) is 5.55. The molecule has 4 nitrogen and oxygen atoms in total. The molecule has 4 rings (SSSR count). The Bertz CT molecular complexity index is 1210. The Morgan fingerprint density at radius 3 is 2.10 bits per heavy atom. The smallest absolute Gasteiger partial charge is 0.200 e. The summed E-state index contributed by atoms with van der Waals surface area (Å²) in [5.74, 6) is -0.341. The molecule has 0 amide bonds. The fourth-order valence-electron chi connectivity index (χ4n) is 3.39. The van der Waals surface area contributed by atoms with Crippen LogP contribution in [0.3, 0.4) is 0 Å². The predicted molar refractivity (Wildman–Crippen MR) is 113 cm³/mol. The number of benzene rings is 3. The van der Waals surface area contributed by atoms with Gasteiger partial charge < -0.3 is 0 Å². The van der Waals surface area contributed by atoms with E-state index in [-0.39, 0.29) is 17.4 Å². The summed E-state index contributed by atoms with van der Waals surface area (Å²) < 4.78 is 65.7. The Labute approximate surface area is 182 Å². The Morgan fingerprint density at radius 2 is 1.52 bits per heavy atom. The highest BCUT2D eigenvalue weighted by molar-refractivity contribution is 7.89. The molecule has 1 unspecified atom stereocenters. The second kappa shape index (κ2) is 8.01. The van der Waals surface area contributed by atoms with E-state index in [0.29, 0.717) is 16.3 Å². The fourth-order valence-corrected chi connectivity index (χ4v) is 4.78. The van der Waals surface area contributed by atoms with E-state index in [2.05, 4.69) is 5.10 Å². The van der Waals surface area contributed by atoms with Crippen molar-refractivity contribution in [3.05, 3.63) is 101 Å². The lowest BCUT2D eigenvalue weighted by Gasteiger charge is -2.17. The maximum Gasteiger partial charge on any atom is 0.416 e. The molecule has 0 bridgehead atoms. The average Bonchev–Trinajstić information content (AvgIpc) is 3.21. The molecular weight excluding hydrogens is 449 g/mol. The molecule has 0 radical (unpaired) electrons. The topological polar surface area (TPSA) is 49.7 Å². The molecule has 1 heterocycles. The largest absolute Gasteiger partial charge is 0.416 e. The van der Waals surface area contributed by atoms with Gasteiger partial charge in [0.1, 0.15) is 0 Å². The number of hydrazone groups is 1. The Balaban J connectivity index is 1.73. The minimum Gasteiger partial charge on any atom is -0.200 e. The van der Waals surface area contributed by atoms with E-state index in [1.807, 2.05) is 30.3 Å². The second-order valence-corrected chi connectivity index (χ2v) is 9.27. The molecule has 9 heteroatoms. The first kappa shape index (κ1) is 21.4. The average molecular weight is 465 g/mol. The molecule has 0 saturated heterocycles. The van der Waals surface area contributed by atoms with Crippen LogP contribution in [0.2, 0.25) is 5.02 Å². The summed E-state index contributed by atoms with van der Waals surface area (Å²) in [6.07, 6.45) is -4.55. The number of hydrogen-bond donors (Lipinski definition) is 0. The first-order chi connectivity index (χ1) is 14.7. The molecule has 0 N–H and O–H groups in total. The minimum atomic E-state index is -4.55. The molecule has 0 saturated carbocycles. The van der Waals surface area contributed by atoms with Crippen molar-refractivity contribution in [3.63, 3.8) is 0 Å². The van der Waals surface area contributed by atoms with Crippen LogP contribution in [0.25, 0.3) is 0 Å². The molecule has 3 aromatic rings. The lowest BCUT2D eigenvalue weighted by atomic mass is 9.91. The monoisotopic (exact) mass is 464 g/mol. The highest BCUT2D eigenvalue weighted by Crippen LogP contribution is 2.34. The molecular formula is C22H16ClF3N2O2S. The van der Waals surface area contributed by atoms with E-state index < -0.39 is 21.8 Å². The highest BCUT2D eigenvalue weighted by atomic mass is 35.5. The maximum absolute atomic E-state index is 13.1. The number of hydrogen-bond acceptors (Lipinski definition) is 3. The first-order valence-corrected chi connectivity index (χ1v) is 11.1. The van der Waals surface area contributed by atoms with Crippen LogP contribution in [0.15, 0.2) is 88.9 Å². The zero-order chi connectivity index (χ0) is 22.2. The van der Waals surface area contributed by atoms with Gasteiger partial charge in [-0.25, -0.2) is 0 Å². The Kier molecular flexibility index (Phi) is 5.53. The molecule has 1 aliphatic rings. The van der Waals surface area contributed by atoms with Crippen LogP contribution in [0.4, 0.5) is 13.2 Å². The van der Waals surface area contributed by atoms with Crippen molar-refractivity contribution in [2.75, 3.05) is 6.54 Å². The fraction of sp³-hybridized carbons (Fsp3) is 0.136. The minimum absolute atomic E-state index is 0.0331. The summed E-state index contributed by atoms with van der Waals surface area (Å²) in [5, 5.41) is 4.90. The van der Waals surface area contributed by atoms with E-state index in [1.54, 1.807) is 24.3 Å². The van der Waals surface area contributed by atoms with Crippen LogP contribution in [0, 0.1) is 0 Å². The van der Waals surface area contributed by atoms with Crippen LogP contribution < -0.4 is 0 Å². The molecule has 0 spiro atoms. The van der Waals surface area contributed by atoms with E-state index in [0.717, 1.165) is 34.2 Å². The Hall–Kier alpha value is -2.84. The second-order valence-electron chi connectivity index (χ2n) is 6.99. The lowest BCUT2D eigenvalue weighted by molar-refractivity contribution is -0.137. The normalized spacial score (nSPS) is 17.0. The van der Waals surface area contributed by atoms with Gasteiger partial charge in [0.25, 0.3) is 10.0 Å². The first-order valence-electron chi connectivity index (χ1n) is 9.25. The summed E-state index contributed by atoms with van der Waals surface area (Å²) in [5.41, 5.74) is 1.21. The van der Waals surface area contributed by atoms with E-state index in [1.165, 1.54) is 0 Å². The molecule has 0 fully saturated rings. The van der Waals surface area contributed by atoms with Crippen molar-refractivity contribution in [1.29, 1.82) is 0 Å². The zero-order valence-corrected chi connectivity index (χ0v) is 17.5. The van der Waals surface area contributed by atoms with Gasteiger partial charge in [0.05, 0.1) is 22.7 Å². The van der Waals surface area contributed by atoms with Crippen LogP contribution in [-0.2, 0) is 16.2 Å². The molecule has 1 aliphatic heterocycles. The van der Waals surface area contributed by atoms with Gasteiger partial charge in [-0.2, -0.15) is 31.1 Å². The van der Waals surface area contributed by atoms with Gasteiger partial charge in [-0.05, 0) is 47.5 Å². The van der Waals surface area contributed by atoms with Crippen LogP contribution in [-0.4, -0.2) is 25.1 Å². The molecule has 0 aromatic heterocycles. The van der Waals surface area contributed by atoms with Gasteiger partial charge >= 0.3 is 6.18 Å². The summed E-state index contributed by atoms with van der Waals surface area (Å²) in [7, 11) is -4.14. The van der Waals surface area contributed by atoms with Crippen molar-refractivity contribution < 1.29 is 21.6 Å². The van der Waals surface area contributed by atoms with Crippen molar-refractivity contribution in [1.82, 2.24) is 4.41 Å². The molecule has 160 valence electrons. The van der Waals surface area contributed by atoms with Gasteiger partial charge in [0.2, 0.25) is 0 Å². The SMILES string of the molecule is O=S(=O)(c1ccc(C(F)(F)F)cc1)N1CC(c2ccccc2)C(c2ccc(Cl)cc2)=N1. The third-order valence-corrected chi connectivity index (χ3v) is 6.89. The lowest BCUT2D eigenvalue weighted by Crippen LogP contribution is -2.26. The highest BCUT2D eigenvalue weighted by Gasteiger charge is 2.37. The van der Waals surface area contributed by atoms with E-state index in [9.17, 15) is 21.6 Å². The van der Waals surface area contributed by atoms with Crippen molar-refractivity contribution >= 4 is 27.3 Å². The van der Waals surface area contributed by atoms with Gasteiger partial charge in [-0.3, -0.25) is 0 Å². The standard InChI is InChI=1S/C22H16ClF3N2O2S/c23-18-10-6-16(7-11-18)21-20(15-4-2-1-3-5-15)14-28(27-21)31(29,30)19-12-8-17(9-13-19)22(24,25)26/h1-13,20H,14H2. The van der Waals surface area contributed by atoms with Gasteiger partial charge in [-0.1, -0.05) is 54.1 Å². The summed E-state index contributed by atoms with van der Waals surface area (Å²) in [6, 6.07) is 19.6. The third kappa shape index (κ3) is 4.31. The van der Waals surface area contributed by atoms with Gasteiger partial charge in [0.15, 0.2) is 0 Å². The van der Waals surface area contributed by atoms with Crippen LogP contribution in [0.1, 0.15) is 22.6 Å². The third-order valence-electron chi connectivity index (χ3n) is 4.99. The van der Waals surface area contributed by atoms with E-state index >= 15 is 0 Å². The zero-order valence-electron chi connectivity index (χ0n) is 15.9. The number of sulfonamides is 1. The summed E-state index contributed by atoms with van der Waals surface area (Å²) in [6.45, 7) is 0.0331. The number of alkyl halides is 3. The van der Waals surface area contributed by atoms with Gasteiger partial charge in [0, 0.05) is 10.9 Å². The molecule has 0 aliphatic carbocycles.